The molecule has 3 rings (SSSR count). The highest BCUT2D eigenvalue weighted by atomic mass is 79.9. The molecule has 4 N–H and O–H groups in total. The summed E-state index contributed by atoms with van der Waals surface area (Å²) in [6, 6.07) is 5.90. The van der Waals surface area contributed by atoms with Gasteiger partial charge in [0.2, 0.25) is 11.8 Å². The number of ether oxygens (including phenoxy) is 1. The molecule has 9 nitrogen and oxygen atoms in total. The maximum atomic E-state index is 12.3. The van der Waals surface area contributed by atoms with Crippen molar-refractivity contribution in [1.29, 1.82) is 0 Å². The van der Waals surface area contributed by atoms with Crippen molar-refractivity contribution < 1.29 is 19.1 Å². The number of aromatic nitrogens is 2. The number of H-pyrrole nitrogens is 1. The minimum Gasteiger partial charge on any atom is -0.390 e. The predicted molar refractivity (Wildman–Crippen MR) is 106 cm³/mol. The fourth-order valence-electron chi connectivity index (χ4n) is 2.62. The Hall–Kier alpha value is -2.59. The molecule has 1 atom stereocenters. The van der Waals surface area contributed by atoms with Gasteiger partial charge >= 0.3 is 6.09 Å². The van der Waals surface area contributed by atoms with Gasteiger partial charge in [0.1, 0.15) is 10.5 Å². The minimum absolute atomic E-state index is 0.0130. The van der Waals surface area contributed by atoms with Gasteiger partial charge in [-0.25, -0.2) is 9.89 Å². The molecule has 1 saturated heterocycles. The first-order chi connectivity index (χ1) is 13.5. The predicted octanol–water partition coefficient (Wildman–Crippen LogP) is 2.83. The summed E-state index contributed by atoms with van der Waals surface area (Å²) in [6.07, 6.45) is 1.40. The van der Waals surface area contributed by atoms with Gasteiger partial charge in [0.15, 0.2) is 5.82 Å². The van der Waals surface area contributed by atoms with Crippen molar-refractivity contribution in [1.82, 2.24) is 20.8 Å². The zero-order chi connectivity index (χ0) is 20.1. The van der Waals surface area contributed by atoms with Crippen molar-refractivity contribution in [2.45, 2.75) is 25.3 Å². The fourth-order valence-corrected chi connectivity index (χ4v) is 3.20. The number of nitrogens with one attached hydrogen (secondary N) is 4. The molecule has 28 heavy (non-hydrogen) atoms. The van der Waals surface area contributed by atoms with Crippen LogP contribution in [0, 0.1) is 0 Å². The SMILES string of the molecule is O=C(NC1CCCCNC1=O)Oc1[nH]nc(NC(=O)c2ccccc2Cl)c1Br. The standard InChI is InChI=1S/C17H17BrClN5O4/c18-12-13(22-14(25)9-5-1-2-6-10(9)19)23-24-16(12)28-17(27)21-11-7-3-4-8-20-15(11)26/h1-2,5-6,11H,3-4,7-8H2,(H,20,26)(H,21,27)(H2,22,23,24,25). The Morgan fingerprint density at radius 1 is 1.29 bits per heavy atom. The second-order valence-electron chi connectivity index (χ2n) is 6.02. The van der Waals surface area contributed by atoms with Crippen LogP contribution in [-0.2, 0) is 4.79 Å². The summed E-state index contributed by atoms with van der Waals surface area (Å²) in [7, 11) is 0. The third-order valence-electron chi connectivity index (χ3n) is 4.05. The van der Waals surface area contributed by atoms with Crippen molar-refractivity contribution in [3.63, 3.8) is 0 Å². The molecule has 0 spiro atoms. The summed E-state index contributed by atoms with van der Waals surface area (Å²) in [6.45, 7) is 0.590. The van der Waals surface area contributed by atoms with Crippen molar-refractivity contribution >= 4 is 51.3 Å². The smallest absolute Gasteiger partial charge is 0.390 e. The van der Waals surface area contributed by atoms with Crippen LogP contribution < -0.4 is 20.7 Å². The van der Waals surface area contributed by atoms with Gasteiger partial charge in [-0.3, -0.25) is 9.59 Å². The van der Waals surface area contributed by atoms with Crippen LogP contribution in [0.1, 0.15) is 29.6 Å². The number of benzene rings is 1. The Labute approximate surface area is 173 Å². The van der Waals surface area contributed by atoms with E-state index in [4.69, 9.17) is 16.3 Å². The summed E-state index contributed by atoms with van der Waals surface area (Å²) in [5.41, 5.74) is 0.277. The average molecular weight is 471 g/mol. The highest BCUT2D eigenvalue weighted by molar-refractivity contribution is 9.10. The van der Waals surface area contributed by atoms with Crippen LogP contribution in [0.5, 0.6) is 5.88 Å². The van der Waals surface area contributed by atoms with E-state index in [1.807, 2.05) is 0 Å². The molecule has 2 aromatic rings. The lowest BCUT2D eigenvalue weighted by Crippen LogP contribution is -2.46. The van der Waals surface area contributed by atoms with Gasteiger partial charge in [-0.2, -0.15) is 5.10 Å². The topological polar surface area (TPSA) is 125 Å². The molecule has 0 radical (unpaired) electrons. The molecule has 1 fully saturated rings. The van der Waals surface area contributed by atoms with Crippen LogP contribution in [0.25, 0.3) is 0 Å². The molecule has 11 heteroatoms. The van der Waals surface area contributed by atoms with Crippen LogP contribution in [0.4, 0.5) is 10.6 Å². The summed E-state index contributed by atoms with van der Waals surface area (Å²) in [5, 5.41) is 14.5. The molecule has 0 saturated carbocycles. The van der Waals surface area contributed by atoms with Crippen LogP contribution in [0.2, 0.25) is 5.02 Å². The first kappa shape index (κ1) is 20.2. The molecule has 2 heterocycles. The number of nitrogens with zero attached hydrogens (tertiary/aromatic N) is 1. The van der Waals surface area contributed by atoms with Gasteiger partial charge in [-0.15, -0.1) is 0 Å². The Bertz CT molecular complexity index is 903. The fraction of sp³-hybridized carbons (Fsp3) is 0.294. The molecule has 1 unspecified atom stereocenters. The second-order valence-corrected chi connectivity index (χ2v) is 7.22. The quantitative estimate of drug-likeness (QED) is 0.547. The van der Waals surface area contributed by atoms with E-state index in [1.54, 1.807) is 24.3 Å². The molecule has 1 aromatic carbocycles. The molecule has 0 aliphatic carbocycles. The van der Waals surface area contributed by atoms with E-state index in [0.717, 1.165) is 12.8 Å². The Balaban J connectivity index is 1.62. The number of hydrogen-bond acceptors (Lipinski definition) is 5. The summed E-state index contributed by atoms with van der Waals surface area (Å²) in [5.74, 6) is -0.601. The van der Waals surface area contributed by atoms with Gasteiger partial charge in [-0.1, -0.05) is 23.7 Å². The number of rotatable bonds is 4. The first-order valence-electron chi connectivity index (χ1n) is 8.51. The van der Waals surface area contributed by atoms with Crippen LogP contribution in [0.3, 0.4) is 0 Å². The van der Waals surface area contributed by atoms with Crippen molar-refractivity contribution in [3.05, 3.63) is 39.3 Å². The maximum Gasteiger partial charge on any atom is 0.414 e. The van der Waals surface area contributed by atoms with Gasteiger partial charge in [0.05, 0.1) is 10.6 Å². The zero-order valence-corrected chi connectivity index (χ0v) is 16.9. The lowest BCUT2D eigenvalue weighted by atomic mass is 10.1. The van der Waals surface area contributed by atoms with Crippen molar-refractivity contribution in [2.24, 2.45) is 0 Å². The number of carbonyl (C=O) groups excluding carboxylic acids is 3. The molecular weight excluding hydrogens is 454 g/mol. The Morgan fingerprint density at radius 2 is 2.07 bits per heavy atom. The van der Waals surface area contributed by atoms with Crippen molar-refractivity contribution in [2.75, 3.05) is 11.9 Å². The highest BCUT2D eigenvalue weighted by Gasteiger charge is 2.25. The van der Waals surface area contributed by atoms with E-state index in [9.17, 15) is 14.4 Å². The van der Waals surface area contributed by atoms with Gasteiger partial charge in [0.25, 0.3) is 5.91 Å². The Morgan fingerprint density at radius 3 is 2.86 bits per heavy atom. The second kappa shape index (κ2) is 9.07. The van der Waals surface area contributed by atoms with Crippen molar-refractivity contribution in [3.8, 4) is 5.88 Å². The summed E-state index contributed by atoms with van der Waals surface area (Å²) >= 11 is 9.23. The molecule has 1 aromatic heterocycles. The zero-order valence-electron chi connectivity index (χ0n) is 14.6. The van der Waals surface area contributed by atoms with E-state index < -0.39 is 18.0 Å². The third kappa shape index (κ3) is 4.82. The van der Waals surface area contributed by atoms with E-state index >= 15 is 0 Å². The van der Waals surface area contributed by atoms with Gasteiger partial charge in [-0.05, 0) is 47.3 Å². The highest BCUT2D eigenvalue weighted by Crippen LogP contribution is 2.30. The summed E-state index contributed by atoms with van der Waals surface area (Å²) < 4.78 is 5.40. The van der Waals surface area contributed by atoms with Gasteiger partial charge < -0.3 is 20.7 Å². The number of carbonyl (C=O) groups is 3. The van der Waals surface area contributed by atoms with Crippen LogP contribution in [-0.4, -0.2) is 40.7 Å². The largest absolute Gasteiger partial charge is 0.414 e. The van der Waals surface area contributed by atoms with E-state index in [-0.39, 0.29) is 27.6 Å². The third-order valence-corrected chi connectivity index (χ3v) is 5.11. The van der Waals surface area contributed by atoms with Crippen LogP contribution >= 0.6 is 27.5 Å². The number of aromatic amines is 1. The Kier molecular flexibility index (Phi) is 6.53. The van der Waals surface area contributed by atoms with E-state index in [1.165, 1.54) is 0 Å². The normalized spacial score (nSPS) is 16.6. The molecule has 1 aliphatic heterocycles. The summed E-state index contributed by atoms with van der Waals surface area (Å²) in [4.78, 5) is 36.3. The monoisotopic (exact) mass is 469 g/mol. The molecule has 0 bridgehead atoms. The number of halogens is 2. The average Bonchev–Trinajstić information content (AvgIpc) is 2.86. The maximum absolute atomic E-state index is 12.3. The van der Waals surface area contributed by atoms with E-state index in [0.29, 0.717) is 18.0 Å². The number of hydrogen-bond donors (Lipinski definition) is 4. The molecule has 1 aliphatic rings. The molecule has 3 amide bonds. The van der Waals surface area contributed by atoms with Gasteiger partial charge in [0, 0.05) is 6.54 Å². The minimum atomic E-state index is -0.810. The first-order valence-corrected chi connectivity index (χ1v) is 9.68. The van der Waals surface area contributed by atoms with E-state index in [2.05, 4.69) is 42.1 Å². The number of anilines is 1. The lowest BCUT2D eigenvalue weighted by molar-refractivity contribution is -0.122. The molecular formula is C17H17BrClN5O4. The van der Waals surface area contributed by atoms with Crippen LogP contribution in [0.15, 0.2) is 28.7 Å². The number of amides is 3. The lowest BCUT2D eigenvalue weighted by Gasteiger charge is -2.14. The molecule has 148 valence electrons.